The molecule has 4 nitrogen and oxygen atoms in total. The Hall–Kier alpha value is -1.23. The SMILES string of the molecule is CCSCCCn1c(C(=O)O)cccc1=O. The van der Waals surface area contributed by atoms with E-state index in [9.17, 15) is 9.59 Å². The lowest BCUT2D eigenvalue weighted by Gasteiger charge is -2.08. The molecule has 0 aliphatic heterocycles. The Morgan fingerprint density at radius 1 is 1.50 bits per heavy atom. The third kappa shape index (κ3) is 3.41. The van der Waals surface area contributed by atoms with Gasteiger partial charge in [-0.25, -0.2) is 4.79 Å². The zero-order valence-electron chi connectivity index (χ0n) is 9.18. The molecule has 1 aromatic rings. The summed E-state index contributed by atoms with van der Waals surface area (Å²) < 4.78 is 1.32. The molecule has 0 saturated carbocycles. The van der Waals surface area contributed by atoms with E-state index in [1.165, 1.54) is 22.8 Å². The van der Waals surface area contributed by atoms with Gasteiger partial charge in [0.05, 0.1) is 0 Å². The van der Waals surface area contributed by atoms with Crippen molar-refractivity contribution >= 4 is 17.7 Å². The van der Waals surface area contributed by atoms with Gasteiger partial charge in [-0.05, 0) is 24.0 Å². The molecular formula is C11H15NO3S. The summed E-state index contributed by atoms with van der Waals surface area (Å²) in [4.78, 5) is 22.4. The average Bonchev–Trinajstić information content (AvgIpc) is 2.25. The van der Waals surface area contributed by atoms with Crippen LogP contribution in [0.1, 0.15) is 23.8 Å². The van der Waals surface area contributed by atoms with Crippen LogP contribution in [-0.2, 0) is 6.54 Å². The summed E-state index contributed by atoms with van der Waals surface area (Å²) >= 11 is 1.78. The van der Waals surface area contributed by atoms with Crippen LogP contribution in [0.3, 0.4) is 0 Å². The quantitative estimate of drug-likeness (QED) is 0.770. The van der Waals surface area contributed by atoms with E-state index >= 15 is 0 Å². The van der Waals surface area contributed by atoms with Crippen LogP contribution in [0.5, 0.6) is 0 Å². The van der Waals surface area contributed by atoms with Crippen molar-refractivity contribution in [3.63, 3.8) is 0 Å². The van der Waals surface area contributed by atoms with Gasteiger partial charge >= 0.3 is 5.97 Å². The molecule has 0 amide bonds. The number of thioether (sulfide) groups is 1. The molecule has 88 valence electrons. The molecule has 0 radical (unpaired) electrons. The van der Waals surface area contributed by atoms with E-state index in [1.807, 2.05) is 0 Å². The first-order valence-electron chi connectivity index (χ1n) is 5.17. The van der Waals surface area contributed by atoms with Crippen molar-refractivity contribution in [2.45, 2.75) is 19.9 Å². The fraction of sp³-hybridized carbons (Fsp3) is 0.455. The van der Waals surface area contributed by atoms with Gasteiger partial charge in [-0.3, -0.25) is 4.79 Å². The number of aromatic carboxylic acids is 1. The highest BCUT2D eigenvalue weighted by Crippen LogP contribution is 2.04. The normalized spacial score (nSPS) is 10.3. The number of aromatic nitrogens is 1. The van der Waals surface area contributed by atoms with E-state index in [-0.39, 0.29) is 11.3 Å². The fourth-order valence-electron chi connectivity index (χ4n) is 1.41. The van der Waals surface area contributed by atoms with Crippen LogP contribution in [0.4, 0.5) is 0 Å². The Morgan fingerprint density at radius 2 is 2.25 bits per heavy atom. The summed E-state index contributed by atoms with van der Waals surface area (Å²) in [5.74, 6) is 0.924. The van der Waals surface area contributed by atoms with Crippen LogP contribution in [0.15, 0.2) is 23.0 Å². The second kappa shape index (κ2) is 6.37. The van der Waals surface area contributed by atoms with Gasteiger partial charge in [0.2, 0.25) is 0 Å². The highest BCUT2D eigenvalue weighted by molar-refractivity contribution is 7.99. The summed E-state index contributed by atoms with van der Waals surface area (Å²) in [6, 6.07) is 4.32. The molecule has 1 N–H and O–H groups in total. The highest BCUT2D eigenvalue weighted by Gasteiger charge is 2.09. The molecule has 5 heteroatoms. The Bertz CT molecular complexity index is 414. The van der Waals surface area contributed by atoms with Crippen molar-refractivity contribution in [2.24, 2.45) is 0 Å². The zero-order valence-corrected chi connectivity index (χ0v) is 10.00. The monoisotopic (exact) mass is 241 g/mol. The number of pyridine rings is 1. The molecule has 1 heterocycles. The third-order valence-electron chi connectivity index (χ3n) is 2.14. The molecule has 1 aromatic heterocycles. The standard InChI is InChI=1S/C11H15NO3S/c1-2-16-8-4-7-12-9(11(14)15)5-3-6-10(12)13/h3,5-6H,2,4,7-8H2,1H3,(H,14,15). The number of carbonyl (C=O) groups is 1. The van der Waals surface area contributed by atoms with Gasteiger partial charge in [0.25, 0.3) is 5.56 Å². The van der Waals surface area contributed by atoms with E-state index in [1.54, 1.807) is 11.8 Å². The summed E-state index contributed by atoms with van der Waals surface area (Å²) in [7, 11) is 0. The lowest BCUT2D eigenvalue weighted by molar-refractivity contribution is 0.0683. The highest BCUT2D eigenvalue weighted by atomic mass is 32.2. The van der Waals surface area contributed by atoms with Crippen LogP contribution in [0.2, 0.25) is 0 Å². The molecule has 0 atom stereocenters. The third-order valence-corrected chi connectivity index (χ3v) is 3.13. The summed E-state index contributed by atoms with van der Waals surface area (Å²) in [5.41, 5.74) is -0.185. The van der Waals surface area contributed by atoms with Gasteiger partial charge in [0.15, 0.2) is 0 Å². The van der Waals surface area contributed by atoms with Gasteiger partial charge in [-0.2, -0.15) is 11.8 Å². The van der Waals surface area contributed by atoms with Crippen molar-refractivity contribution in [2.75, 3.05) is 11.5 Å². The van der Waals surface area contributed by atoms with Crippen LogP contribution < -0.4 is 5.56 Å². The molecule has 16 heavy (non-hydrogen) atoms. The van der Waals surface area contributed by atoms with E-state index in [0.717, 1.165) is 17.9 Å². The fourth-order valence-corrected chi connectivity index (χ4v) is 2.03. The first kappa shape index (κ1) is 12.8. The zero-order chi connectivity index (χ0) is 12.0. The van der Waals surface area contributed by atoms with Gasteiger partial charge in [0, 0.05) is 12.6 Å². The Kier molecular flexibility index (Phi) is 5.11. The van der Waals surface area contributed by atoms with E-state index in [0.29, 0.717) is 6.54 Å². The second-order valence-corrected chi connectivity index (χ2v) is 4.65. The number of hydrogen-bond acceptors (Lipinski definition) is 3. The van der Waals surface area contributed by atoms with Crippen molar-refractivity contribution < 1.29 is 9.90 Å². The maximum atomic E-state index is 11.5. The van der Waals surface area contributed by atoms with E-state index < -0.39 is 5.97 Å². The molecule has 0 aliphatic rings. The molecule has 1 rings (SSSR count). The van der Waals surface area contributed by atoms with Crippen molar-refractivity contribution in [3.8, 4) is 0 Å². The first-order valence-corrected chi connectivity index (χ1v) is 6.33. The van der Waals surface area contributed by atoms with Crippen LogP contribution in [-0.4, -0.2) is 27.1 Å². The molecule has 0 aromatic carbocycles. The Morgan fingerprint density at radius 3 is 2.88 bits per heavy atom. The van der Waals surface area contributed by atoms with E-state index in [2.05, 4.69) is 6.92 Å². The number of carboxylic acids is 1. The maximum absolute atomic E-state index is 11.5. The molecule has 0 bridgehead atoms. The lowest BCUT2D eigenvalue weighted by Crippen LogP contribution is -2.25. The van der Waals surface area contributed by atoms with Gasteiger partial charge < -0.3 is 9.67 Å². The molecule has 0 saturated heterocycles. The topological polar surface area (TPSA) is 59.3 Å². The molecule has 0 aliphatic carbocycles. The van der Waals surface area contributed by atoms with Gasteiger partial charge in [-0.15, -0.1) is 0 Å². The minimum absolute atomic E-state index is 0.0639. The molecule has 0 fully saturated rings. The van der Waals surface area contributed by atoms with Gasteiger partial charge in [-0.1, -0.05) is 13.0 Å². The largest absolute Gasteiger partial charge is 0.477 e. The second-order valence-electron chi connectivity index (χ2n) is 3.26. The summed E-state index contributed by atoms with van der Waals surface area (Å²) in [6.07, 6.45) is 0.808. The number of rotatable bonds is 6. The van der Waals surface area contributed by atoms with Crippen molar-refractivity contribution in [1.29, 1.82) is 0 Å². The Labute approximate surface area is 98.3 Å². The summed E-state index contributed by atoms with van der Waals surface area (Å²) in [6.45, 7) is 2.54. The smallest absolute Gasteiger partial charge is 0.352 e. The van der Waals surface area contributed by atoms with E-state index in [4.69, 9.17) is 5.11 Å². The summed E-state index contributed by atoms with van der Waals surface area (Å²) in [5, 5.41) is 8.93. The van der Waals surface area contributed by atoms with Crippen molar-refractivity contribution in [3.05, 3.63) is 34.2 Å². The molecule has 0 unspecified atom stereocenters. The molecular weight excluding hydrogens is 226 g/mol. The lowest BCUT2D eigenvalue weighted by atomic mass is 10.3. The first-order chi connectivity index (χ1) is 7.66. The van der Waals surface area contributed by atoms with Gasteiger partial charge in [0.1, 0.15) is 5.69 Å². The van der Waals surface area contributed by atoms with Crippen LogP contribution >= 0.6 is 11.8 Å². The van der Waals surface area contributed by atoms with Crippen LogP contribution in [0, 0.1) is 0 Å². The number of hydrogen-bond donors (Lipinski definition) is 1. The minimum Gasteiger partial charge on any atom is -0.477 e. The maximum Gasteiger partial charge on any atom is 0.352 e. The Balaban J connectivity index is 2.77. The minimum atomic E-state index is -1.05. The number of nitrogens with zero attached hydrogens (tertiary/aromatic N) is 1. The van der Waals surface area contributed by atoms with Crippen molar-refractivity contribution in [1.82, 2.24) is 4.57 Å². The average molecular weight is 241 g/mol. The van der Waals surface area contributed by atoms with Crippen LogP contribution in [0.25, 0.3) is 0 Å². The predicted molar refractivity (Wildman–Crippen MR) is 65.3 cm³/mol. The molecule has 0 spiro atoms. The predicted octanol–water partition coefficient (Wildman–Crippen LogP) is 1.69. The number of carboxylic acid groups (broad SMARTS) is 1.